The third kappa shape index (κ3) is 9.87. The highest BCUT2D eigenvalue weighted by molar-refractivity contribution is 7.22. The third-order valence-electron chi connectivity index (χ3n) is 7.13. The fourth-order valence-corrected chi connectivity index (χ4v) is 5.70. The second-order valence-electron chi connectivity index (χ2n) is 10.9. The first-order valence-electron chi connectivity index (χ1n) is 15.3. The van der Waals surface area contributed by atoms with Gasteiger partial charge in [-0.2, -0.15) is 0 Å². The molecule has 0 aliphatic heterocycles. The average molecular weight is 622 g/mol. The summed E-state index contributed by atoms with van der Waals surface area (Å²) in [6.07, 6.45) is 7.63. The van der Waals surface area contributed by atoms with Crippen molar-refractivity contribution in [1.29, 1.82) is 0 Å². The number of carbonyl (C=O) groups is 1. The highest BCUT2D eigenvalue weighted by Crippen LogP contribution is 2.39. The number of nitrogens with one attached hydrogen (secondary N) is 1. The van der Waals surface area contributed by atoms with Gasteiger partial charge in [-0.05, 0) is 60.6 Å². The summed E-state index contributed by atoms with van der Waals surface area (Å²) in [4.78, 5) is 22.3. The Morgan fingerprint density at radius 2 is 1.70 bits per heavy atom. The molecule has 3 heterocycles. The summed E-state index contributed by atoms with van der Waals surface area (Å²) < 4.78 is 38.2. The van der Waals surface area contributed by atoms with Crippen LogP contribution >= 0.6 is 11.3 Å². The molecule has 0 spiro atoms. The Kier molecular flexibility index (Phi) is 12.2. The highest BCUT2D eigenvalue weighted by Gasteiger charge is 2.24. The van der Waals surface area contributed by atoms with E-state index in [1.807, 2.05) is 24.4 Å². The number of hydrogen-bond acceptors (Lipinski definition) is 9. The maximum atomic E-state index is 14.9. The molecule has 234 valence electrons. The Morgan fingerprint density at radius 3 is 2.43 bits per heavy atom. The highest BCUT2D eigenvalue weighted by atomic mass is 32.1. The first-order chi connectivity index (χ1) is 21.6. The topological polar surface area (TPSA) is 91.8 Å². The summed E-state index contributed by atoms with van der Waals surface area (Å²) in [6.45, 7) is 7.22. The standard InChI is InChI=1S/C34H40FN3O5S/c1-2-12-40-14-16-42-17-15-41-13-11-36-22-26-5-7-29(38-23-26)33-21-30-34(44-33)32(9-10-37-30)43-31-8-6-25(20-28(31)35)19-27(39)18-24-3-4-24/h5-10,20-21,23-24,36H,2-4,11-19,22H2,1H3. The van der Waals surface area contributed by atoms with Gasteiger partial charge in [-0.1, -0.05) is 19.1 Å². The molecule has 1 aliphatic rings. The molecule has 0 saturated heterocycles. The molecule has 0 unspecified atom stereocenters. The van der Waals surface area contributed by atoms with Crippen molar-refractivity contribution >= 4 is 27.3 Å². The van der Waals surface area contributed by atoms with E-state index in [2.05, 4.69) is 22.2 Å². The smallest absolute Gasteiger partial charge is 0.166 e. The van der Waals surface area contributed by atoms with Crippen molar-refractivity contribution in [3.05, 3.63) is 71.8 Å². The van der Waals surface area contributed by atoms with Gasteiger partial charge >= 0.3 is 0 Å². The summed E-state index contributed by atoms with van der Waals surface area (Å²) in [7, 11) is 0. The largest absolute Gasteiger partial charge is 0.453 e. The van der Waals surface area contributed by atoms with Crippen LogP contribution in [-0.2, 0) is 32.0 Å². The SMILES string of the molecule is CCCOCCOCCOCCNCc1ccc(-c2cc3nccc(Oc4ccc(CC(=O)CC5CC5)cc4F)c3s2)nc1. The molecule has 0 radical (unpaired) electrons. The number of aromatic nitrogens is 2. The van der Waals surface area contributed by atoms with Crippen LogP contribution in [0.2, 0.25) is 0 Å². The summed E-state index contributed by atoms with van der Waals surface area (Å²) in [6, 6.07) is 12.5. The molecule has 0 amide bonds. The van der Waals surface area contributed by atoms with E-state index in [0.717, 1.165) is 58.8 Å². The quantitative estimate of drug-likeness (QED) is 0.108. The van der Waals surface area contributed by atoms with Crippen LogP contribution in [0, 0.1) is 11.7 Å². The Bertz CT molecular complexity index is 1490. The Labute approximate surface area is 261 Å². The number of benzene rings is 1. The van der Waals surface area contributed by atoms with E-state index in [-0.39, 0.29) is 18.0 Å². The number of ether oxygens (including phenoxy) is 4. The number of fused-ring (bicyclic) bond motifs is 1. The van der Waals surface area contributed by atoms with Crippen LogP contribution < -0.4 is 10.1 Å². The van der Waals surface area contributed by atoms with Crippen LogP contribution in [0.3, 0.4) is 0 Å². The van der Waals surface area contributed by atoms with Crippen molar-refractivity contribution in [2.24, 2.45) is 5.92 Å². The Hall–Kier alpha value is -3.28. The molecule has 1 N–H and O–H groups in total. The molecule has 0 atom stereocenters. The van der Waals surface area contributed by atoms with Crippen LogP contribution in [0.15, 0.2) is 54.9 Å². The fraction of sp³-hybridized carbons (Fsp3) is 0.441. The summed E-state index contributed by atoms with van der Waals surface area (Å²) >= 11 is 1.50. The van der Waals surface area contributed by atoms with E-state index in [9.17, 15) is 9.18 Å². The molecule has 44 heavy (non-hydrogen) atoms. The minimum atomic E-state index is -0.487. The Balaban J connectivity index is 1.08. The molecule has 1 fully saturated rings. The van der Waals surface area contributed by atoms with Gasteiger partial charge in [0.1, 0.15) is 11.5 Å². The molecule has 0 bridgehead atoms. The number of carbonyl (C=O) groups excluding carboxylic acids is 1. The van der Waals surface area contributed by atoms with Crippen LogP contribution in [0.4, 0.5) is 4.39 Å². The van der Waals surface area contributed by atoms with Gasteiger partial charge in [-0.3, -0.25) is 14.8 Å². The molecular weight excluding hydrogens is 581 g/mol. The minimum Gasteiger partial charge on any atom is -0.453 e. The lowest BCUT2D eigenvalue weighted by molar-refractivity contribution is -0.118. The molecule has 5 rings (SSSR count). The molecule has 1 aromatic carbocycles. The van der Waals surface area contributed by atoms with Crippen LogP contribution in [-0.4, -0.2) is 61.9 Å². The molecule has 8 nitrogen and oxygen atoms in total. The number of Topliss-reactive ketones (excluding diaryl/α,β-unsaturated/α-hetero) is 1. The van der Waals surface area contributed by atoms with E-state index in [1.54, 1.807) is 24.4 Å². The van der Waals surface area contributed by atoms with E-state index >= 15 is 0 Å². The van der Waals surface area contributed by atoms with Gasteiger partial charge in [0.25, 0.3) is 0 Å². The van der Waals surface area contributed by atoms with Crippen molar-refractivity contribution in [3.63, 3.8) is 0 Å². The molecule has 1 aliphatic carbocycles. The van der Waals surface area contributed by atoms with E-state index in [4.69, 9.17) is 18.9 Å². The second kappa shape index (κ2) is 16.7. The third-order valence-corrected chi connectivity index (χ3v) is 8.29. The van der Waals surface area contributed by atoms with Gasteiger partial charge in [-0.15, -0.1) is 11.3 Å². The fourth-order valence-electron chi connectivity index (χ4n) is 4.66. The number of nitrogens with zero attached hydrogens (tertiary/aromatic N) is 2. The second-order valence-corrected chi connectivity index (χ2v) is 12.0. The first kappa shape index (κ1) is 32.1. The number of halogens is 1. The lowest BCUT2D eigenvalue weighted by Gasteiger charge is -2.09. The van der Waals surface area contributed by atoms with E-state index in [1.165, 1.54) is 17.4 Å². The first-order valence-corrected chi connectivity index (χ1v) is 16.2. The zero-order chi connectivity index (χ0) is 30.6. The van der Waals surface area contributed by atoms with Crippen molar-refractivity contribution < 1.29 is 28.1 Å². The zero-order valence-corrected chi connectivity index (χ0v) is 26.0. The van der Waals surface area contributed by atoms with Gasteiger partial charge in [0.15, 0.2) is 11.6 Å². The maximum Gasteiger partial charge on any atom is 0.166 e. The van der Waals surface area contributed by atoms with Gasteiger partial charge in [0, 0.05) is 51.0 Å². The van der Waals surface area contributed by atoms with E-state index in [0.29, 0.717) is 63.2 Å². The van der Waals surface area contributed by atoms with Gasteiger partial charge in [0.05, 0.1) is 53.8 Å². The van der Waals surface area contributed by atoms with Gasteiger partial charge < -0.3 is 24.3 Å². The minimum absolute atomic E-state index is 0.118. The van der Waals surface area contributed by atoms with Gasteiger partial charge in [0.2, 0.25) is 0 Å². The molecular formula is C34H40FN3O5S. The number of ketones is 1. The van der Waals surface area contributed by atoms with Crippen LogP contribution in [0.25, 0.3) is 20.8 Å². The number of hydrogen-bond donors (Lipinski definition) is 1. The monoisotopic (exact) mass is 621 g/mol. The van der Waals surface area contributed by atoms with Crippen molar-refractivity contribution in [1.82, 2.24) is 15.3 Å². The Morgan fingerprint density at radius 1 is 0.932 bits per heavy atom. The normalized spacial score (nSPS) is 13.0. The zero-order valence-electron chi connectivity index (χ0n) is 25.2. The molecule has 1 saturated carbocycles. The van der Waals surface area contributed by atoms with Crippen LogP contribution in [0.1, 0.15) is 43.7 Å². The lowest BCUT2D eigenvalue weighted by atomic mass is 10.0. The number of thiophene rings is 1. The van der Waals surface area contributed by atoms with Gasteiger partial charge in [-0.25, -0.2) is 4.39 Å². The maximum absolute atomic E-state index is 14.9. The molecule has 4 aromatic rings. The van der Waals surface area contributed by atoms with Crippen LogP contribution in [0.5, 0.6) is 11.5 Å². The van der Waals surface area contributed by atoms with E-state index < -0.39 is 5.82 Å². The van der Waals surface area contributed by atoms with Crippen molar-refractivity contribution in [2.45, 2.75) is 45.6 Å². The summed E-state index contributed by atoms with van der Waals surface area (Å²) in [5, 5.41) is 3.37. The average Bonchev–Trinajstić information content (AvgIpc) is 3.72. The summed E-state index contributed by atoms with van der Waals surface area (Å²) in [5.41, 5.74) is 3.33. The molecule has 10 heteroatoms. The predicted molar refractivity (Wildman–Crippen MR) is 170 cm³/mol. The van der Waals surface area contributed by atoms with Crippen molar-refractivity contribution in [3.8, 4) is 22.1 Å². The summed E-state index contributed by atoms with van der Waals surface area (Å²) in [5.74, 6) is 0.842. The van der Waals surface area contributed by atoms with Crippen molar-refractivity contribution in [2.75, 3.05) is 46.2 Å². The number of rotatable bonds is 20. The predicted octanol–water partition coefficient (Wildman–Crippen LogP) is 6.75. The number of pyridine rings is 2. The molecule has 3 aromatic heterocycles. The lowest BCUT2D eigenvalue weighted by Crippen LogP contribution is -2.20.